The minimum atomic E-state index is 0. The van der Waals surface area contributed by atoms with Gasteiger partial charge in [-0.3, -0.25) is 4.98 Å². The van der Waals surface area contributed by atoms with E-state index < -0.39 is 0 Å². The molecule has 1 aromatic heterocycles. The number of benzene rings is 1. The molecule has 2 aromatic rings. The maximum atomic E-state index is 6.03. The van der Waals surface area contributed by atoms with Crippen LogP contribution in [0, 0.1) is 0 Å². The van der Waals surface area contributed by atoms with Crippen molar-refractivity contribution in [1.82, 2.24) is 10.3 Å². The Bertz CT molecular complexity index is 565. The summed E-state index contributed by atoms with van der Waals surface area (Å²) in [5.74, 6) is 0.827. The zero-order valence-corrected chi connectivity index (χ0v) is 14.4. The normalized spacial score (nSPS) is 9.32. The quantitative estimate of drug-likeness (QED) is 0.741. The van der Waals surface area contributed by atoms with Crippen molar-refractivity contribution in [3.05, 3.63) is 71.5 Å². The Labute approximate surface area is 148 Å². The molecule has 0 spiro atoms. The van der Waals surface area contributed by atoms with Crippen LogP contribution < -0.4 is 10.1 Å². The van der Waals surface area contributed by atoms with Crippen molar-refractivity contribution in [3.63, 3.8) is 0 Å². The van der Waals surface area contributed by atoms with E-state index in [9.17, 15) is 0 Å². The Morgan fingerprint density at radius 3 is 2.73 bits per heavy atom. The molecule has 0 aliphatic heterocycles. The number of halogens is 3. The molecular formula is C16H19Cl3N2O. The van der Waals surface area contributed by atoms with Crippen LogP contribution in [0.4, 0.5) is 0 Å². The lowest BCUT2D eigenvalue weighted by Gasteiger charge is -2.11. The van der Waals surface area contributed by atoms with Crippen LogP contribution in [-0.4, -0.2) is 11.6 Å². The number of rotatable bonds is 7. The molecular weight excluding hydrogens is 343 g/mol. The summed E-state index contributed by atoms with van der Waals surface area (Å²) in [7, 11) is 0. The van der Waals surface area contributed by atoms with Gasteiger partial charge in [-0.1, -0.05) is 30.3 Å². The van der Waals surface area contributed by atoms with Crippen LogP contribution in [0.3, 0.4) is 0 Å². The summed E-state index contributed by atoms with van der Waals surface area (Å²) in [5, 5.41) is 4.06. The molecule has 1 heterocycles. The summed E-state index contributed by atoms with van der Waals surface area (Å²) >= 11 is 6.03. The van der Waals surface area contributed by atoms with Crippen LogP contribution in [-0.2, 0) is 13.1 Å². The van der Waals surface area contributed by atoms with Crippen molar-refractivity contribution in [1.29, 1.82) is 0 Å². The molecule has 0 saturated carbocycles. The van der Waals surface area contributed by atoms with Gasteiger partial charge in [0.1, 0.15) is 12.4 Å². The molecule has 0 aliphatic carbocycles. The number of aromatic nitrogens is 1. The van der Waals surface area contributed by atoms with Crippen molar-refractivity contribution in [2.75, 3.05) is 6.61 Å². The topological polar surface area (TPSA) is 34.1 Å². The SMILES string of the molecule is C=CCOc1ccc(Cl)cc1CNCc1cccnc1.Cl.Cl. The van der Waals surface area contributed by atoms with Gasteiger partial charge in [0.25, 0.3) is 0 Å². The molecule has 0 atom stereocenters. The van der Waals surface area contributed by atoms with Gasteiger partial charge in [0.05, 0.1) is 0 Å². The largest absolute Gasteiger partial charge is 0.489 e. The Morgan fingerprint density at radius 2 is 2.05 bits per heavy atom. The van der Waals surface area contributed by atoms with Gasteiger partial charge < -0.3 is 10.1 Å². The second-order valence-electron chi connectivity index (χ2n) is 4.32. The maximum absolute atomic E-state index is 6.03. The number of hydrogen-bond donors (Lipinski definition) is 1. The van der Waals surface area contributed by atoms with Crippen molar-refractivity contribution < 1.29 is 4.74 Å². The first kappa shape index (κ1) is 20.7. The molecule has 2 rings (SSSR count). The molecule has 22 heavy (non-hydrogen) atoms. The van der Waals surface area contributed by atoms with E-state index >= 15 is 0 Å². The predicted octanol–water partition coefficient (Wildman–Crippen LogP) is 4.43. The first-order valence-corrected chi connectivity index (χ1v) is 6.79. The molecule has 0 radical (unpaired) electrons. The first-order valence-electron chi connectivity index (χ1n) is 6.41. The fourth-order valence-electron chi connectivity index (χ4n) is 1.82. The van der Waals surface area contributed by atoms with Crippen LogP contribution in [0.25, 0.3) is 0 Å². The van der Waals surface area contributed by atoms with Gasteiger partial charge >= 0.3 is 0 Å². The third-order valence-corrected chi connectivity index (χ3v) is 2.98. The highest BCUT2D eigenvalue weighted by Gasteiger charge is 2.04. The lowest BCUT2D eigenvalue weighted by atomic mass is 10.2. The fourth-order valence-corrected chi connectivity index (χ4v) is 2.01. The number of pyridine rings is 1. The zero-order chi connectivity index (χ0) is 14.2. The number of nitrogens with zero attached hydrogens (tertiary/aromatic N) is 1. The van der Waals surface area contributed by atoms with Crippen LogP contribution in [0.5, 0.6) is 5.75 Å². The van der Waals surface area contributed by atoms with Gasteiger partial charge in [-0.15, -0.1) is 24.8 Å². The van der Waals surface area contributed by atoms with Gasteiger partial charge in [0.15, 0.2) is 0 Å². The van der Waals surface area contributed by atoms with Gasteiger partial charge in [-0.25, -0.2) is 0 Å². The zero-order valence-electron chi connectivity index (χ0n) is 12.0. The molecule has 3 nitrogen and oxygen atoms in total. The molecule has 6 heteroatoms. The number of ether oxygens (including phenoxy) is 1. The van der Waals surface area contributed by atoms with Crippen molar-refractivity contribution >= 4 is 36.4 Å². The molecule has 0 aliphatic rings. The summed E-state index contributed by atoms with van der Waals surface area (Å²) < 4.78 is 5.62. The van der Waals surface area contributed by atoms with Crippen molar-refractivity contribution in [2.45, 2.75) is 13.1 Å². The summed E-state index contributed by atoms with van der Waals surface area (Å²) in [6.45, 7) is 5.57. The summed E-state index contributed by atoms with van der Waals surface area (Å²) in [6.07, 6.45) is 5.34. The maximum Gasteiger partial charge on any atom is 0.124 e. The average Bonchev–Trinajstić information content (AvgIpc) is 2.47. The van der Waals surface area contributed by atoms with Crippen LogP contribution >= 0.6 is 36.4 Å². The minimum Gasteiger partial charge on any atom is -0.489 e. The van der Waals surface area contributed by atoms with Crippen LogP contribution in [0.15, 0.2) is 55.4 Å². The fraction of sp³-hybridized carbons (Fsp3) is 0.188. The Morgan fingerprint density at radius 1 is 1.23 bits per heavy atom. The number of nitrogens with one attached hydrogen (secondary N) is 1. The van der Waals surface area contributed by atoms with Gasteiger partial charge in [-0.05, 0) is 29.8 Å². The van der Waals surface area contributed by atoms with E-state index in [-0.39, 0.29) is 24.8 Å². The standard InChI is InChI=1S/C16H17ClN2O.2ClH/c1-2-8-20-16-6-5-15(17)9-14(16)12-19-11-13-4-3-7-18-10-13;;/h2-7,9-10,19H,1,8,11-12H2;2*1H. The smallest absolute Gasteiger partial charge is 0.124 e. The molecule has 120 valence electrons. The van der Waals surface area contributed by atoms with Crippen molar-refractivity contribution in [3.8, 4) is 5.75 Å². The Balaban J connectivity index is 0.00000220. The molecule has 0 saturated heterocycles. The summed E-state index contributed by atoms with van der Waals surface area (Å²) in [4.78, 5) is 4.09. The van der Waals surface area contributed by atoms with E-state index in [1.807, 2.05) is 36.5 Å². The number of hydrogen-bond acceptors (Lipinski definition) is 3. The highest BCUT2D eigenvalue weighted by molar-refractivity contribution is 6.30. The van der Waals surface area contributed by atoms with Gasteiger partial charge in [0.2, 0.25) is 0 Å². The monoisotopic (exact) mass is 360 g/mol. The second-order valence-corrected chi connectivity index (χ2v) is 4.75. The molecule has 1 N–H and O–H groups in total. The van der Waals surface area contributed by atoms with E-state index in [0.717, 1.165) is 23.4 Å². The molecule has 1 aromatic carbocycles. The van der Waals surface area contributed by atoms with E-state index in [2.05, 4.69) is 16.9 Å². The average molecular weight is 362 g/mol. The lowest BCUT2D eigenvalue weighted by molar-refractivity contribution is 0.358. The molecule has 0 amide bonds. The molecule has 0 unspecified atom stereocenters. The van der Waals surface area contributed by atoms with E-state index in [4.69, 9.17) is 16.3 Å². The Hall–Kier alpha value is -1.26. The van der Waals surface area contributed by atoms with E-state index in [0.29, 0.717) is 18.2 Å². The highest BCUT2D eigenvalue weighted by atomic mass is 35.5. The van der Waals surface area contributed by atoms with Crippen LogP contribution in [0.2, 0.25) is 5.02 Å². The second kappa shape index (κ2) is 11.3. The van der Waals surface area contributed by atoms with Gasteiger partial charge in [-0.2, -0.15) is 0 Å². The summed E-state index contributed by atoms with van der Waals surface area (Å²) in [5.41, 5.74) is 2.17. The van der Waals surface area contributed by atoms with Crippen LogP contribution in [0.1, 0.15) is 11.1 Å². The molecule has 0 bridgehead atoms. The van der Waals surface area contributed by atoms with E-state index in [1.54, 1.807) is 12.3 Å². The van der Waals surface area contributed by atoms with E-state index in [1.165, 1.54) is 0 Å². The molecule has 0 fully saturated rings. The Kier molecular flexibility index (Phi) is 10.7. The third-order valence-electron chi connectivity index (χ3n) is 2.75. The van der Waals surface area contributed by atoms with Crippen molar-refractivity contribution in [2.24, 2.45) is 0 Å². The summed E-state index contributed by atoms with van der Waals surface area (Å²) in [6, 6.07) is 9.58. The minimum absolute atomic E-state index is 0. The first-order chi connectivity index (χ1) is 9.79. The predicted molar refractivity (Wildman–Crippen MR) is 96.4 cm³/mol. The lowest BCUT2D eigenvalue weighted by Crippen LogP contribution is -2.13. The third kappa shape index (κ3) is 6.67. The van der Waals surface area contributed by atoms with Gasteiger partial charge in [0, 0.05) is 36.1 Å². The highest BCUT2D eigenvalue weighted by Crippen LogP contribution is 2.23.